The van der Waals surface area contributed by atoms with Crippen LogP contribution in [0.4, 0.5) is 5.82 Å². The van der Waals surface area contributed by atoms with Gasteiger partial charge in [0.1, 0.15) is 24.2 Å². The van der Waals surface area contributed by atoms with E-state index < -0.39 is 0 Å². The van der Waals surface area contributed by atoms with Crippen molar-refractivity contribution in [2.24, 2.45) is 0 Å². The van der Waals surface area contributed by atoms with Crippen LogP contribution in [-0.2, 0) is 0 Å². The number of hydrogen-bond acceptors (Lipinski definition) is 4. The molecule has 0 saturated heterocycles. The summed E-state index contributed by atoms with van der Waals surface area (Å²) in [7, 11) is 1.88. The van der Waals surface area contributed by atoms with Crippen LogP contribution < -0.4 is 9.64 Å². The minimum Gasteiger partial charge on any atom is -0.492 e. The Bertz CT molecular complexity index is 653. The number of pyridine rings is 1. The molecule has 0 bridgehead atoms. The predicted molar refractivity (Wildman–Crippen MR) is 84.2 cm³/mol. The van der Waals surface area contributed by atoms with Crippen molar-refractivity contribution < 1.29 is 4.74 Å². The first-order valence-corrected chi connectivity index (χ1v) is 7.02. The maximum Gasteiger partial charge on any atom is 0.161 e. The summed E-state index contributed by atoms with van der Waals surface area (Å²) in [5, 5.41) is 9.95. The molecular formula is C15H13Cl2N3O. The van der Waals surface area contributed by atoms with Crippen molar-refractivity contribution >= 4 is 29.0 Å². The van der Waals surface area contributed by atoms with Gasteiger partial charge in [-0.05, 0) is 36.4 Å². The van der Waals surface area contributed by atoms with E-state index in [1.54, 1.807) is 24.3 Å². The van der Waals surface area contributed by atoms with Gasteiger partial charge in [-0.3, -0.25) is 0 Å². The first-order valence-electron chi connectivity index (χ1n) is 6.26. The summed E-state index contributed by atoms with van der Waals surface area (Å²) in [6.07, 6.45) is 0. The molecule has 1 aromatic carbocycles. The van der Waals surface area contributed by atoms with Gasteiger partial charge in [-0.2, -0.15) is 5.26 Å². The van der Waals surface area contributed by atoms with Crippen LogP contribution in [0.1, 0.15) is 5.69 Å². The number of anilines is 1. The van der Waals surface area contributed by atoms with Crippen LogP contribution in [0.15, 0.2) is 36.4 Å². The van der Waals surface area contributed by atoms with Gasteiger partial charge in [-0.25, -0.2) is 4.98 Å². The smallest absolute Gasteiger partial charge is 0.161 e. The molecule has 0 atom stereocenters. The minimum absolute atomic E-state index is 0.222. The molecule has 0 aliphatic rings. The van der Waals surface area contributed by atoms with E-state index in [1.165, 1.54) is 0 Å². The maximum absolute atomic E-state index is 8.92. The van der Waals surface area contributed by atoms with E-state index in [9.17, 15) is 0 Å². The van der Waals surface area contributed by atoms with E-state index in [0.29, 0.717) is 29.0 Å². The molecule has 0 unspecified atom stereocenters. The molecule has 0 N–H and O–H groups in total. The average molecular weight is 322 g/mol. The fourth-order valence-corrected chi connectivity index (χ4v) is 1.94. The van der Waals surface area contributed by atoms with Crippen LogP contribution in [0.2, 0.25) is 10.0 Å². The Morgan fingerprint density at radius 3 is 2.57 bits per heavy atom. The Labute approximate surface area is 133 Å². The Morgan fingerprint density at radius 2 is 1.90 bits per heavy atom. The number of ether oxygens (including phenoxy) is 1. The summed E-state index contributed by atoms with van der Waals surface area (Å²) in [6.45, 7) is 1.12. The standard InChI is InChI=1S/C15H13Cl2N3O/c1-20(15-7-6-13(17)14(10-18)19-15)8-9-21-12-4-2-11(16)3-5-12/h2-7H,8-9H2,1H3. The minimum atomic E-state index is 0.222. The van der Waals surface area contributed by atoms with Crippen molar-refractivity contribution in [2.75, 3.05) is 25.1 Å². The maximum atomic E-state index is 8.92. The highest BCUT2D eigenvalue weighted by molar-refractivity contribution is 6.31. The number of likely N-dealkylation sites (N-methyl/N-ethyl adjacent to an activating group) is 1. The third-order valence-electron chi connectivity index (χ3n) is 2.84. The van der Waals surface area contributed by atoms with Crippen molar-refractivity contribution in [1.82, 2.24) is 4.98 Å². The summed E-state index contributed by atoms with van der Waals surface area (Å²) in [5.41, 5.74) is 0.222. The van der Waals surface area contributed by atoms with Gasteiger partial charge in [0.05, 0.1) is 11.6 Å². The lowest BCUT2D eigenvalue weighted by atomic mass is 10.3. The predicted octanol–water partition coefficient (Wildman–Crippen LogP) is 3.78. The molecule has 0 aliphatic carbocycles. The first kappa shape index (κ1) is 15.4. The number of nitriles is 1. The molecule has 21 heavy (non-hydrogen) atoms. The summed E-state index contributed by atoms with van der Waals surface area (Å²) in [6, 6.07) is 12.6. The number of hydrogen-bond donors (Lipinski definition) is 0. The molecule has 0 amide bonds. The highest BCUT2D eigenvalue weighted by atomic mass is 35.5. The second kappa shape index (κ2) is 7.16. The second-order valence-electron chi connectivity index (χ2n) is 4.34. The van der Waals surface area contributed by atoms with Crippen LogP contribution in [-0.4, -0.2) is 25.2 Å². The number of rotatable bonds is 5. The fourth-order valence-electron chi connectivity index (χ4n) is 1.67. The zero-order valence-electron chi connectivity index (χ0n) is 11.4. The molecule has 0 saturated carbocycles. The number of aromatic nitrogens is 1. The van der Waals surface area contributed by atoms with Crippen LogP contribution >= 0.6 is 23.2 Å². The third kappa shape index (κ3) is 4.25. The van der Waals surface area contributed by atoms with Crippen molar-refractivity contribution in [3.8, 4) is 11.8 Å². The van der Waals surface area contributed by atoms with Crippen molar-refractivity contribution in [3.63, 3.8) is 0 Å². The van der Waals surface area contributed by atoms with Gasteiger partial charge in [0, 0.05) is 12.1 Å². The van der Waals surface area contributed by atoms with Gasteiger partial charge in [0.25, 0.3) is 0 Å². The van der Waals surface area contributed by atoms with Crippen molar-refractivity contribution in [2.45, 2.75) is 0 Å². The lowest BCUT2D eigenvalue weighted by molar-refractivity contribution is 0.325. The molecule has 2 rings (SSSR count). The van der Waals surface area contributed by atoms with E-state index in [4.69, 9.17) is 33.2 Å². The molecule has 6 heteroatoms. The van der Waals surface area contributed by atoms with Crippen molar-refractivity contribution in [1.29, 1.82) is 5.26 Å². The van der Waals surface area contributed by atoms with Crippen LogP contribution in [0.3, 0.4) is 0 Å². The van der Waals surface area contributed by atoms with Crippen LogP contribution in [0, 0.1) is 11.3 Å². The monoisotopic (exact) mass is 321 g/mol. The Hall–Kier alpha value is -1.96. The highest BCUT2D eigenvalue weighted by Gasteiger charge is 2.07. The van der Waals surface area contributed by atoms with Gasteiger partial charge >= 0.3 is 0 Å². The molecule has 1 aromatic heterocycles. The highest BCUT2D eigenvalue weighted by Crippen LogP contribution is 2.18. The Balaban J connectivity index is 1.91. The summed E-state index contributed by atoms with van der Waals surface area (Å²) < 4.78 is 5.61. The topological polar surface area (TPSA) is 49.1 Å². The van der Waals surface area contributed by atoms with E-state index in [1.807, 2.05) is 30.1 Å². The van der Waals surface area contributed by atoms with E-state index in [0.717, 1.165) is 5.75 Å². The van der Waals surface area contributed by atoms with Gasteiger partial charge in [-0.15, -0.1) is 0 Å². The lowest BCUT2D eigenvalue weighted by Crippen LogP contribution is -2.24. The molecule has 4 nitrogen and oxygen atoms in total. The van der Waals surface area contributed by atoms with Gasteiger partial charge < -0.3 is 9.64 Å². The molecule has 0 fully saturated rings. The largest absolute Gasteiger partial charge is 0.492 e. The van der Waals surface area contributed by atoms with Crippen LogP contribution in [0.5, 0.6) is 5.75 Å². The average Bonchev–Trinajstić information content (AvgIpc) is 2.49. The number of nitrogens with zero attached hydrogens (tertiary/aromatic N) is 3. The quantitative estimate of drug-likeness (QED) is 0.841. The summed E-state index contributed by atoms with van der Waals surface area (Å²) in [4.78, 5) is 6.08. The van der Waals surface area contributed by atoms with Gasteiger partial charge in [-0.1, -0.05) is 23.2 Å². The first-order chi connectivity index (χ1) is 10.1. The Kier molecular flexibility index (Phi) is 5.26. The zero-order valence-corrected chi connectivity index (χ0v) is 12.9. The van der Waals surface area contributed by atoms with Gasteiger partial charge in [0.2, 0.25) is 0 Å². The molecule has 0 radical (unpaired) electrons. The number of halogens is 2. The zero-order chi connectivity index (χ0) is 15.2. The van der Waals surface area contributed by atoms with Crippen LogP contribution in [0.25, 0.3) is 0 Å². The molecule has 0 spiro atoms. The van der Waals surface area contributed by atoms with E-state index in [2.05, 4.69) is 4.98 Å². The fraction of sp³-hybridized carbons (Fsp3) is 0.200. The van der Waals surface area contributed by atoms with E-state index in [-0.39, 0.29) is 5.69 Å². The molecule has 0 aliphatic heterocycles. The molecule has 108 valence electrons. The third-order valence-corrected chi connectivity index (χ3v) is 3.39. The molecule has 2 aromatic rings. The molecule has 1 heterocycles. The molecular weight excluding hydrogens is 309 g/mol. The second-order valence-corrected chi connectivity index (χ2v) is 5.18. The lowest BCUT2D eigenvalue weighted by Gasteiger charge is -2.18. The van der Waals surface area contributed by atoms with Crippen molar-refractivity contribution in [3.05, 3.63) is 52.1 Å². The Morgan fingerprint density at radius 1 is 1.19 bits per heavy atom. The number of benzene rings is 1. The summed E-state index contributed by atoms with van der Waals surface area (Å²) >= 11 is 11.7. The normalized spacial score (nSPS) is 10.0. The SMILES string of the molecule is CN(CCOc1ccc(Cl)cc1)c1ccc(Cl)c(C#N)n1. The van der Waals surface area contributed by atoms with Gasteiger partial charge in [0.15, 0.2) is 5.69 Å². The summed E-state index contributed by atoms with van der Waals surface area (Å²) in [5.74, 6) is 1.44. The van der Waals surface area contributed by atoms with E-state index >= 15 is 0 Å².